The second kappa shape index (κ2) is 7.70. The Morgan fingerprint density at radius 3 is 2.53 bits per heavy atom. The highest BCUT2D eigenvalue weighted by atomic mass is 19.2. The third-order valence-electron chi connectivity index (χ3n) is 2.93. The maximum Gasteiger partial charge on any atom is 0.183 e. The standard InChI is InChI=1S/C14H19F2N3/c1-3-8-19(4-2)9-7-18-12-6-5-11(10-17)13(15)14(12)16/h5-6,18H,3-4,7-9H2,1-2H3. The molecule has 0 unspecified atom stereocenters. The zero-order valence-corrected chi connectivity index (χ0v) is 11.3. The molecule has 0 heterocycles. The van der Waals surface area contributed by atoms with Crippen molar-refractivity contribution in [2.24, 2.45) is 0 Å². The quantitative estimate of drug-likeness (QED) is 0.825. The molecule has 1 aromatic carbocycles. The van der Waals surface area contributed by atoms with Gasteiger partial charge in [-0.1, -0.05) is 13.8 Å². The Hall–Kier alpha value is -1.67. The lowest BCUT2D eigenvalue weighted by molar-refractivity contribution is 0.300. The molecule has 0 saturated heterocycles. The van der Waals surface area contributed by atoms with Crippen LogP contribution < -0.4 is 5.32 Å². The summed E-state index contributed by atoms with van der Waals surface area (Å²) in [5.74, 6) is -2.08. The van der Waals surface area contributed by atoms with Crippen LogP contribution in [0.3, 0.4) is 0 Å². The average Bonchev–Trinajstić information content (AvgIpc) is 2.42. The number of nitriles is 1. The Morgan fingerprint density at radius 2 is 1.95 bits per heavy atom. The van der Waals surface area contributed by atoms with Crippen molar-refractivity contribution in [2.75, 3.05) is 31.5 Å². The third-order valence-corrected chi connectivity index (χ3v) is 2.93. The SMILES string of the molecule is CCCN(CC)CCNc1ccc(C#N)c(F)c1F. The van der Waals surface area contributed by atoms with Gasteiger partial charge in [-0.3, -0.25) is 0 Å². The largest absolute Gasteiger partial charge is 0.381 e. The summed E-state index contributed by atoms with van der Waals surface area (Å²) in [7, 11) is 0. The number of hydrogen-bond acceptors (Lipinski definition) is 3. The van der Waals surface area contributed by atoms with Gasteiger partial charge in [0.2, 0.25) is 0 Å². The van der Waals surface area contributed by atoms with Crippen LogP contribution in [0.15, 0.2) is 12.1 Å². The van der Waals surface area contributed by atoms with E-state index >= 15 is 0 Å². The normalized spacial score (nSPS) is 10.5. The van der Waals surface area contributed by atoms with E-state index in [1.807, 2.05) is 0 Å². The monoisotopic (exact) mass is 267 g/mol. The molecule has 0 radical (unpaired) electrons. The molecule has 0 atom stereocenters. The van der Waals surface area contributed by atoms with Gasteiger partial charge in [0.1, 0.15) is 6.07 Å². The van der Waals surface area contributed by atoms with Gasteiger partial charge in [-0.15, -0.1) is 0 Å². The van der Waals surface area contributed by atoms with E-state index < -0.39 is 11.6 Å². The predicted octanol–water partition coefficient (Wildman–Crippen LogP) is 2.98. The van der Waals surface area contributed by atoms with E-state index in [0.29, 0.717) is 6.54 Å². The summed E-state index contributed by atoms with van der Waals surface area (Å²) in [6.07, 6.45) is 1.06. The van der Waals surface area contributed by atoms with Crippen molar-refractivity contribution in [2.45, 2.75) is 20.3 Å². The first-order valence-corrected chi connectivity index (χ1v) is 6.48. The molecule has 1 aromatic rings. The molecular formula is C14H19F2N3. The van der Waals surface area contributed by atoms with E-state index in [-0.39, 0.29) is 11.3 Å². The Morgan fingerprint density at radius 1 is 1.21 bits per heavy atom. The molecule has 0 amide bonds. The number of hydrogen-bond donors (Lipinski definition) is 1. The molecular weight excluding hydrogens is 248 g/mol. The molecule has 104 valence electrons. The Labute approximate surface area is 112 Å². The van der Waals surface area contributed by atoms with Crippen LogP contribution in [0, 0.1) is 23.0 Å². The zero-order valence-electron chi connectivity index (χ0n) is 11.3. The maximum absolute atomic E-state index is 13.6. The summed E-state index contributed by atoms with van der Waals surface area (Å²) in [4.78, 5) is 2.23. The van der Waals surface area contributed by atoms with E-state index in [2.05, 4.69) is 24.1 Å². The van der Waals surface area contributed by atoms with E-state index in [0.717, 1.165) is 26.1 Å². The van der Waals surface area contributed by atoms with Crippen molar-refractivity contribution < 1.29 is 8.78 Å². The minimum Gasteiger partial charge on any atom is -0.381 e. The number of nitrogens with zero attached hydrogens (tertiary/aromatic N) is 2. The summed E-state index contributed by atoms with van der Waals surface area (Å²) >= 11 is 0. The van der Waals surface area contributed by atoms with Crippen LogP contribution in [0.25, 0.3) is 0 Å². The van der Waals surface area contributed by atoms with Gasteiger partial charge >= 0.3 is 0 Å². The highest BCUT2D eigenvalue weighted by molar-refractivity contribution is 5.49. The van der Waals surface area contributed by atoms with Gasteiger partial charge in [0.15, 0.2) is 11.6 Å². The average molecular weight is 267 g/mol. The molecule has 0 aliphatic rings. The molecule has 0 aromatic heterocycles. The van der Waals surface area contributed by atoms with Crippen LogP contribution in [-0.4, -0.2) is 31.1 Å². The van der Waals surface area contributed by atoms with Gasteiger partial charge < -0.3 is 10.2 Å². The summed E-state index contributed by atoms with van der Waals surface area (Å²) in [6, 6.07) is 4.29. The summed E-state index contributed by atoms with van der Waals surface area (Å²) in [5, 5.41) is 11.5. The van der Waals surface area contributed by atoms with Gasteiger partial charge in [0.25, 0.3) is 0 Å². The number of anilines is 1. The number of likely N-dealkylation sites (N-methyl/N-ethyl adjacent to an activating group) is 1. The Balaban J connectivity index is 2.59. The van der Waals surface area contributed by atoms with Crippen molar-refractivity contribution in [1.82, 2.24) is 4.90 Å². The first-order valence-electron chi connectivity index (χ1n) is 6.48. The second-order valence-electron chi connectivity index (χ2n) is 4.26. The lowest BCUT2D eigenvalue weighted by atomic mass is 10.2. The third kappa shape index (κ3) is 4.18. The fourth-order valence-electron chi connectivity index (χ4n) is 1.87. The lowest BCUT2D eigenvalue weighted by Crippen LogP contribution is -2.29. The molecule has 0 saturated carbocycles. The molecule has 0 bridgehead atoms. The molecule has 0 aliphatic carbocycles. The van der Waals surface area contributed by atoms with E-state index in [4.69, 9.17) is 5.26 Å². The maximum atomic E-state index is 13.6. The summed E-state index contributed by atoms with van der Waals surface area (Å²) in [5.41, 5.74) is -0.173. The van der Waals surface area contributed by atoms with Crippen LogP contribution in [0.1, 0.15) is 25.8 Å². The van der Waals surface area contributed by atoms with Crippen molar-refractivity contribution in [3.8, 4) is 6.07 Å². The zero-order chi connectivity index (χ0) is 14.3. The fraction of sp³-hybridized carbons (Fsp3) is 0.500. The fourth-order valence-corrected chi connectivity index (χ4v) is 1.87. The van der Waals surface area contributed by atoms with E-state index in [1.54, 1.807) is 6.07 Å². The molecule has 0 spiro atoms. The molecule has 0 aliphatic heterocycles. The van der Waals surface area contributed by atoms with E-state index in [1.165, 1.54) is 12.1 Å². The Kier molecular flexibility index (Phi) is 6.23. The van der Waals surface area contributed by atoms with Crippen LogP contribution in [0.5, 0.6) is 0 Å². The summed E-state index contributed by atoms with van der Waals surface area (Å²) < 4.78 is 27.0. The number of rotatable bonds is 7. The van der Waals surface area contributed by atoms with Crippen LogP contribution in [0.2, 0.25) is 0 Å². The van der Waals surface area contributed by atoms with Gasteiger partial charge in [0, 0.05) is 13.1 Å². The molecule has 3 nitrogen and oxygen atoms in total. The summed E-state index contributed by atoms with van der Waals surface area (Å²) in [6.45, 7) is 7.40. The van der Waals surface area contributed by atoms with Crippen molar-refractivity contribution in [3.63, 3.8) is 0 Å². The highest BCUT2D eigenvalue weighted by Crippen LogP contribution is 2.19. The lowest BCUT2D eigenvalue weighted by Gasteiger charge is -2.20. The van der Waals surface area contributed by atoms with Crippen LogP contribution >= 0.6 is 0 Å². The van der Waals surface area contributed by atoms with Crippen LogP contribution in [0.4, 0.5) is 14.5 Å². The number of nitrogens with one attached hydrogen (secondary N) is 1. The number of halogens is 2. The van der Waals surface area contributed by atoms with Crippen LogP contribution in [-0.2, 0) is 0 Å². The highest BCUT2D eigenvalue weighted by Gasteiger charge is 2.12. The topological polar surface area (TPSA) is 39.1 Å². The van der Waals surface area contributed by atoms with Gasteiger partial charge in [-0.25, -0.2) is 8.78 Å². The molecule has 0 fully saturated rings. The second-order valence-corrected chi connectivity index (χ2v) is 4.26. The van der Waals surface area contributed by atoms with Crippen molar-refractivity contribution in [1.29, 1.82) is 5.26 Å². The van der Waals surface area contributed by atoms with Crippen molar-refractivity contribution >= 4 is 5.69 Å². The van der Waals surface area contributed by atoms with Gasteiger partial charge in [0.05, 0.1) is 11.3 Å². The molecule has 1 rings (SSSR count). The number of benzene rings is 1. The first-order chi connectivity index (χ1) is 9.13. The Bertz CT molecular complexity index is 455. The van der Waals surface area contributed by atoms with Gasteiger partial charge in [-0.05, 0) is 31.6 Å². The molecule has 5 heteroatoms. The van der Waals surface area contributed by atoms with Gasteiger partial charge in [-0.2, -0.15) is 5.26 Å². The first kappa shape index (κ1) is 15.4. The predicted molar refractivity (Wildman–Crippen MR) is 72.0 cm³/mol. The smallest absolute Gasteiger partial charge is 0.183 e. The minimum absolute atomic E-state index is 0.101. The minimum atomic E-state index is -1.09. The van der Waals surface area contributed by atoms with Crippen molar-refractivity contribution in [3.05, 3.63) is 29.3 Å². The molecule has 19 heavy (non-hydrogen) atoms. The van der Waals surface area contributed by atoms with E-state index in [9.17, 15) is 8.78 Å². The molecule has 1 N–H and O–H groups in total.